The Kier molecular flexibility index (Phi) is 5.82. The molecule has 1 fully saturated rings. The fourth-order valence-corrected chi connectivity index (χ4v) is 5.25. The van der Waals surface area contributed by atoms with Crippen LogP contribution in [-0.4, -0.2) is 68.3 Å². The number of nitrogens with zero attached hydrogens (tertiary/aromatic N) is 4. The predicted molar refractivity (Wildman–Crippen MR) is 111 cm³/mol. The number of aliphatic hydroxyl groups is 3. The van der Waals surface area contributed by atoms with Crippen molar-refractivity contribution in [1.82, 2.24) is 19.5 Å². The van der Waals surface area contributed by atoms with Crippen molar-refractivity contribution in [1.29, 1.82) is 0 Å². The molecule has 11 heteroatoms. The molecule has 9 nitrogen and oxygen atoms in total. The van der Waals surface area contributed by atoms with Crippen LogP contribution in [0, 0.1) is 5.92 Å². The molecule has 2 aromatic heterocycles. The standard InChI is InChI=1S/C19H22N4O5S2/c1-30(27,28)13-4-2-11(3-5-13)8-29-19-15-18(20-9-21-19)23(10-22-15)14-6-12(7-24)16(25)17(14)26/h2-5,9-10,12,14,16-17,24-26H,6-8H2,1H3/t12-,14-,16-,17+/m1/s1. The lowest BCUT2D eigenvalue weighted by atomic mass is 10.1. The molecule has 3 aromatic rings. The smallest absolute Gasteiger partial charge is 0.175 e. The minimum atomic E-state index is -3.23. The normalized spacial score (nSPS) is 24.5. The Morgan fingerprint density at radius 1 is 1.13 bits per heavy atom. The van der Waals surface area contributed by atoms with Crippen molar-refractivity contribution in [2.45, 2.75) is 40.3 Å². The third-order valence-electron chi connectivity index (χ3n) is 5.42. The van der Waals surface area contributed by atoms with E-state index in [1.165, 1.54) is 24.3 Å². The van der Waals surface area contributed by atoms with E-state index in [1.807, 2.05) is 0 Å². The Balaban J connectivity index is 1.55. The van der Waals surface area contributed by atoms with Gasteiger partial charge in [-0.15, -0.1) is 0 Å². The van der Waals surface area contributed by atoms with E-state index in [2.05, 4.69) is 15.0 Å². The summed E-state index contributed by atoms with van der Waals surface area (Å²) in [5.41, 5.74) is 2.08. The largest absolute Gasteiger partial charge is 0.396 e. The summed E-state index contributed by atoms with van der Waals surface area (Å²) in [5.74, 6) is 0.174. The summed E-state index contributed by atoms with van der Waals surface area (Å²) in [6.45, 7) is -0.199. The molecular formula is C19H22N4O5S2. The highest BCUT2D eigenvalue weighted by Crippen LogP contribution is 2.37. The summed E-state index contributed by atoms with van der Waals surface area (Å²) >= 11 is 1.45. The maximum absolute atomic E-state index is 11.6. The third kappa shape index (κ3) is 3.95. The van der Waals surface area contributed by atoms with Gasteiger partial charge in [0.1, 0.15) is 23.0 Å². The zero-order valence-electron chi connectivity index (χ0n) is 16.2. The SMILES string of the molecule is CS(=O)(=O)c1ccc(CSc2ncnc3c2ncn3[C@@H]2C[C@H](CO)[C@@H](O)[C@H]2O)cc1. The third-order valence-corrected chi connectivity index (χ3v) is 7.59. The number of benzene rings is 1. The molecule has 1 aliphatic carbocycles. The molecule has 4 rings (SSSR count). The highest BCUT2D eigenvalue weighted by atomic mass is 32.2. The van der Waals surface area contributed by atoms with Crippen molar-refractivity contribution in [2.24, 2.45) is 5.92 Å². The van der Waals surface area contributed by atoms with Crippen LogP contribution in [0.2, 0.25) is 0 Å². The van der Waals surface area contributed by atoms with Crippen molar-refractivity contribution in [2.75, 3.05) is 12.9 Å². The number of rotatable bonds is 6. The van der Waals surface area contributed by atoms with Gasteiger partial charge in [-0.1, -0.05) is 23.9 Å². The zero-order chi connectivity index (χ0) is 21.5. The first-order chi connectivity index (χ1) is 14.3. The van der Waals surface area contributed by atoms with Crippen LogP contribution in [-0.2, 0) is 15.6 Å². The Bertz CT molecular complexity index is 1150. The molecule has 0 bridgehead atoms. The Labute approximate surface area is 177 Å². The quantitative estimate of drug-likeness (QED) is 0.367. The van der Waals surface area contributed by atoms with Crippen molar-refractivity contribution in [3.63, 3.8) is 0 Å². The number of hydrogen-bond acceptors (Lipinski definition) is 9. The van der Waals surface area contributed by atoms with Gasteiger partial charge in [0.25, 0.3) is 0 Å². The van der Waals surface area contributed by atoms with E-state index >= 15 is 0 Å². The van der Waals surface area contributed by atoms with Crippen LogP contribution in [0.4, 0.5) is 0 Å². The first-order valence-electron chi connectivity index (χ1n) is 9.36. The highest BCUT2D eigenvalue weighted by Gasteiger charge is 2.42. The molecule has 4 atom stereocenters. The van der Waals surface area contributed by atoms with Crippen molar-refractivity contribution < 1.29 is 23.7 Å². The van der Waals surface area contributed by atoms with Gasteiger partial charge >= 0.3 is 0 Å². The molecule has 0 unspecified atom stereocenters. The molecule has 160 valence electrons. The lowest BCUT2D eigenvalue weighted by Gasteiger charge is -2.18. The molecule has 1 aliphatic rings. The van der Waals surface area contributed by atoms with Gasteiger partial charge in [-0.25, -0.2) is 23.4 Å². The molecule has 2 heterocycles. The number of aromatic nitrogens is 4. The molecular weight excluding hydrogens is 428 g/mol. The summed E-state index contributed by atoms with van der Waals surface area (Å²) in [6.07, 6.45) is 2.58. The number of sulfone groups is 1. The number of fused-ring (bicyclic) bond motifs is 1. The van der Waals surface area contributed by atoms with Gasteiger partial charge in [0.2, 0.25) is 0 Å². The average Bonchev–Trinajstić information content (AvgIpc) is 3.27. The van der Waals surface area contributed by atoms with E-state index in [-0.39, 0.29) is 11.5 Å². The van der Waals surface area contributed by atoms with E-state index in [0.717, 1.165) is 5.56 Å². The fraction of sp³-hybridized carbons (Fsp3) is 0.421. The van der Waals surface area contributed by atoms with Crippen LogP contribution in [0.1, 0.15) is 18.0 Å². The van der Waals surface area contributed by atoms with Gasteiger partial charge < -0.3 is 19.9 Å². The highest BCUT2D eigenvalue weighted by molar-refractivity contribution is 7.98. The van der Waals surface area contributed by atoms with Crippen molar-refractivity contribution in [3.8, 4) is 0 Å². The van der Waals surface area contributed by atoms with Crippen LogP contribution in [0.5, 0.6) is 0 Å². The Morgan fingerprint density at radius 2 is 1.87 bits per heavy atom. The van der Waals surface area contributed by atoms with E-state index in [1.54, 1.807) is 35.2 Å². The van der Waals surface area contributed by atoms with E-state index in [0.29, 0.717) is 28.4 Å². The first-order valence-corrected chi connectivity index (χ1v) is 12.2. The van der Waals surface area contributed by atoms with Gasteiger partial charge in [0.05, 0.1) is 23.4 Å². The minimum absolute atomic E-state index is 0.199. The van der Waals surface area contributed by atoms with Gasteiger partial charge in [0, 0.05) is 24.5 Å². The maximum Gasteiger partial charge on any atom is 0.175 e. The van der Waals surface area contributed by atoms with Crippen LogP contribution in [0.15, 0.2) is 46.8 Å². The molecule has 0 radical (unpaired) electrons. The predicted octanol–water partition coefficient (Wildman–Crippen LogP) is 0.797. The van der Waals surface area contributed by atoms with Crippen LogP contribution in [0.3, 0.4) is 0 Å². The Morgan fingerprint density at radius 3 is 2.50 bits per heavy atom. The van der Waals surface area contributed by atoms with Gasteiger partial charge in [-0.05, 0) is 24.1 Å². The van der Waals surface area contributed by atoms with Crippen LogP contribution in [0.25, 0.3) is 11.2 Å². The van der Waals surface area contributed by atoms with Gasteiger partial charge in [0.15, 0.2) is 15.5 Å². The topological polar surface area (TPSA) is 138 Å². The lowest BCUT2D eigenvalue weighted by Crippen LogP contribution is -2.30. The zero-order valence-corrected chi connectivity index (χ0v) is 17.8. The first kappa shape index (κ1) is 21.2. The molecule has 3 N–H and O–H groups in total. The minimum Gasteiger partial charge on any atom is -0.396 e. The van der Waals surface area contributed by atoms with Crippen LogP contribution < -0.4 is 0 Å². The fourth-order valence-electron chi connectivity index (χ4n) is 3.72. The van der Waals surface area contributed by atoms with Crippen LogP contribution >= 0.6 is 11.8 Å². The summed E-state index contributed by atoms with van der Waals surface area (Å²) < 4.78 is 24.9. The molecule has 1 saturated carbocycles. The summed E-state index contributed by atoms with van der Waals surface area (Å²) in [5, 5.41) is 30.6. The van der Waals surface area contributed by atoms with Crippen molar-refractivity contribution in [3.05, 3.63) is 42.5 Å². The van der Waals surface area contributed by atoms with E-state index in [4.69, 9.17) is 0 Å². The summed E-state index contributed by atoms with van der Waals surface area (Å²) in [4.78, 5) is 13.3. The number of imidazole rings is 1. The van der Waals surface area contributed by atoms with E-state index < -0.39 is 34.0 Å². The molecule has 30 heavy (non-hydrogen) atoms. The molecule has 1 aromatic carbocycles. The monoisotopic (exact) mass is 450 g/mol. The number of hydrogen-bond donors (Lipinski definition) is 3. The maximum atomic E-state index is 11.6. The molecule has 0 spiro atoms. The second-order valence-corrected chi connectivity index (χ2v) is 10.4. The second-order valence-electron chi connectivity index (χ2n) is 7.43. The number of aliphatic hydroxyl groups excluding tert-OH is 3. The summed E-state index contributed by atoms with van der Waals surface area (Å²) in [7, 11) is -3.23. The molecule has 0 saturated heterocycles. The average molecular weight is 451 g/mol. The molecule has 0 aliphatic heterocycles. The number of thioether (sulfide) groups is 1. The summed E-state index contributed by atoms with van der Waals surface area (Å²) in [6, 6.07) is 6.27. The Hall–Kier alpha value is -2.05. The van der Waals surface area contributed by atoms with Crippen molar-refractivity contribution >= 4 is 32.8 Å². The van der Waals surface area contributed by atoms with Gasteiger partial charge in [-0.2, -0.15) is 0 Å². The van der Waals surface area contributed by atoms with Gasteiger partial charge in [-0.3, -0.25) is 0 Å². The van der Waals surface area contributed by atoms with E-state index in [9.17, 15) is 23.7 Å². The lowest BCUT2D eigenvalue weighted by molar-refractivity contribution is -0.00370. The second kappa shape index (κ2) is 8.23. The molecule has 0 amide bonds.